The number of fused-ring (bicyclic) bond motifs is 1. The van der Waals surface area contributed by atoms with Crippen molar-refractivity contribution in [3.63, 3.8) is 0 Å². The Hall–Kier alpha value is -3.15. The summed E-state index contributed by atoms with van der Waals surface area (Å²) < 4.78 is 5.33. The highest BCUT2D eigenvalue weighted by Gasteiger charge is 2.24. The molecule has 1 atom stereocenters. The van der Waals surface area contributed by atoms with Gasteiger partial charge in [-0.05, 0) is 68.5 Å². The van der Waals surface area contributed by atoms with Crippen LogP contribution < -0.4 is 5.32 Å². The lowest BCUT2D eigenvalue weighted by molar-refractivity contribution is -0.140. The summed E-state index contributed by atoms with van der Waals surface area (Å²) in [6, 6.07) is 12.9. The van der Waals surface area contributed by atoms with Gasteiger partial charge in [0.2, 0.25) is 5.91 Å². The van der Waals surface area contributed by atoms with Gasteiger partial charge in [-0.25, -0.2) is 4.79 Å². The number of hydrogen-bond acceptors (Lipinski definition) is 4. The highest BCUT2D eigenvalue weighted by molar-refractivity contribution is 5.96. The second-order valence-electron chi connectivity index (χ2n) is 7.49. The average Bonchev–Trinajstić information content (AvgIpc) is 3.16. The fourth-order valence-corrected chi connectivity index (χ4v) is 3.42. The third-order valence-corrected chi connectivity index (χ3v) is 5.06. The van der Waals surface area contributed by atoms with Gasteiger partial charge in [0.25, 0.3) is 5.91 Å². The summed E-state index contributed by atoms with van der Waals surface area (Å²) >= 11 is 0. The second-order valence-corrected chi connectivity index (χ2v) is 7.49. The predicted octanol–water partition coefficient (Wildman–Crippen LogP) is 3.13. The Labute approximate surface area is 170 Å². The molecule has 1 N–H and O–H groups in total. The van der Waals surface area contributed by atoms with Gasteiger partial charge in [0.1, 0.15) is 0 Å². The van der Waals surface area contributed by atoms with Crippen molar-refractivity contribution in [3.8, 4) is 0 Å². The molecule has 3 rings (SSSR count). The number of anilines is 1. The Morgan fingerprint density at radius 3 is 2.48 bits per heavy atom. The molecule has 152 valence electrons. The number of carbonyl (C=O) groups is 3. The van der Waals surface area contributed by atoms with Crippen LogP contribution in [-0.4, -0.2) is 42.4 Å². The van der Waals surface area contributed by atoms with Gasteiger partial charge in [0.15, 0.2) is 6.10 Å². The molecule has 0 unspecified atom stereocenters. The van der Waals surface area contributed by atoms with Crippen molar-refractivity contribution in [2.24, 2.45) is 0 Å². The van der Waals surface area contributed by atoms with Crippen molar-refractivity contribution < 1.29 is 19.1 Å². The van der Waals surface area contributed by atoms with Crippen molar-refractivity contribution in [2.75, 3.05) is 18.9 Å². The van der Waals surface area contributed by atoms with E-state index in [4.69, 9.17) is 4.74 Å². The van der Waals surface area contributed by atoms with Gasteiger partial charge in [-0.2, -0.15) is 0 Å². The summed E-state index contributed by atoms with van der Waals surface area (Å²) in [5.74, 6) is -1.28. The van der Waals surface area contributed by atoms with Crippen LogP contribution in [0.15, 0.2) is 42.5 Å². The number of benzene rings is 2. The smallest absolute Gasteiger partial charge is 0.338 e. The van der Waals surface area contributed by atoms with Gasteiger partial charge in [-0.15, -0.1) is 0 Å². The normalized spacial score (nSPS) is 13.3. The molecule has 1 aliphatic rings. The summed E-state index contributed by atoms with van der Waals surface area (Å²) in [5.41, 5.74) is 4.64. The summed E-state index contributed by atoms with van der Waals surface area (Å²) in [6.07, 6.45) is 2.12. The van der Waals surface area contributed by atoms with Crippen LogP contribution in [0.3, 0.4) is 0 Å². The van der Waals surface area contributed by atoms with Crippen molar-refractivity contribution in [1.82, 2.24) is 4.90 Å². The summed E-state index contributed by atoms with van der Waals surface area (Å²) in [5, 5.41) is 2.74. The maximum atomic E-state index is 12.5. The van der Waals surface area contributed by atoms with Crippen molar-refractivity contribution >= 4 is 23.5 Å². The van der Waals surface area contributed by atoms with E-state index in [1.807, 2.05) is 31.2 Å². The van der Waals surface area contributed by atoms with Gasteiger partial charge in [-0.1, -0.05) is 23.8 Å². The lowest BCUT2D eigenvalue weighted by Crippen LogP contribution is -2.41. The number of hydrogen-bond donors (Lipinski definition) is 1. The summed E-state index contributed by atoms with van der Waals surface area (Å²) in [6.45, 7) is 3.35. The molecule has 0 heterocycles. The number of ether oxygens (including phenoxy) is 1. The van der Waals surface area contributed by atoms with Crippen molar-refractivity contribution in [2.45, 2.75) is 39.2 Å². The monoisotopic (exact) mass is 394 g/mol. The van der Waals surface area contributed by atoms with Gasteiger partial charge in [-0.3, -0.25) is 9.59 Å². The molecule has 0 spiro atoms. The Bertz CT molecular complexity index is 921. The van der Waals surface area contributed by atoms with E-state index in [0.717, 1.165) is 24.8 Å². The van der Waals surface area contributed by atoms with Crippen LogP contribution in [0.1, 0.15) is 40.4 Å². The van der Waals surface area contributed by atoms with Crippen LogP contribution in [0.5, 0.6) is 0 Å². The van der Waals surface area contributed by atoms with Gasteiger partial charge in [0.05, 0.1) is 12.1 Å². The van der Waals surface area contributed by atoms with E-state index in [0.29, 0.717) is 11.3 Å². The summed E-state index contributed by atoms with van der Waals surface area (Å²) in [7, 11) is 1.51. The van der Waals surface area contributed by atoms with Crippen LogP contribution in [-0.2, 0) is 27.2 Å². The fourth-order valence-electron chi connectivity index (χ4n) is 3.42. The average molecular weight is 394 g/mol. The first kappa shape index (κ1) is 20.6. The number of likely N-dealkylation sites (N-methyl/N-ethyl adjacent to an activating group) is 1. The Balaban J connectivity index is 1.52. The lowest BCUT2D eigenvalue weighted by Gasteiger charge is -2.21. The van der Waals surface area contributed by atoms with Crippen LogP contribution in [0.2, 0.25) is 0 Å². The van der Waals surface area contributed by atoms with E-state index in [9.17, 15) is 14.4 Å². The fraction of sp³-hybridized carbons (Fsp3) is 0.348. The molecule has 0 fully saturated rings. The Morgan fingerprint density at radius 2 is 1.76 bits per heavy atom. The van der Waals surface area contributed by atoms with Gasteiger partial charge < -0.3 is 15.0 Å². The molecule has 6 heteroatoms. The van der Waals surface area contributed by atoms with Crippen LogP contribution in [0.25, 0.3) is 0 Å². The van der Waals surface area contributed by atoms with Crippen LogP contribution >= 0.6 is 0 Å². The highest BCUT2D eigenvalue weighted by Crippen LogP contribution is 2.23. The van der Waals surface area contributed by atoms with E-state index in [1.165, 1.54) is 30.0 Å². The molecule has 2 aromatic carbocycles. The van der Waals surface area contributed by atoms with Crippen molar-refractivity contribution in [3.05, 3.63) is 64.7 Å². The van der Waals surface area contributed by atoms with E-state index in [1.54, 1.807) is 18.2 Å². The maximum absolute atomic E-state index is 12.5. The number of rotatable bonds is 6. The number of esters is 1. The minimum absolute atomic E-state index is 0.132. The minimum atomic E-state index is -0.979. The summed E-state index contributed by atoms with van der Waals surface area (Å²) in [4.78, 5) is 38.3. The zero-order valence-electron chi connectivity index (χ0n) is 17.0. The SMILES string of the molecule is Cc1ccc(NC(=O)CN(C)C(=O)[C@H](C)OC(=O)c2ccc3c(c2)CCC3)cc1. The zero-order chi connectivity index (χ0) is 21.0. The maximum Gasteiger partial charge on any atom is 0.338 e. The largest absolute Gasteiger partial charge is 0.449 e. The highest BCUT2D eigenvalue weighted by atomic mass is 16.5. The predicted molar refractivity (Wildman–Crippen MR) is 111 cm³/mol. The molecule has 0 saturated heterocycles. The molecule has 0 saturated carbocycles. The van der Waals surface area contributed by atoms with Gasteiger partial charge in [0, 0.05) is 12.7 Å². The topological polar surface area (TPSA) is 75.7 Å². The third-order valence-electron chi connectivity index (χ3n) is 5.06. The molecule has 1 aliphatic carbocycles. The molecular formula is C23H26N2O4. The van der Waals surface area contributed by atoms with E-state index < -0.39 is 18.0 Å². The van der Waals surface area contributed by atoms with E-state index in [-0.39, 0.29) is 12.5 Å². The Kier molecular flexibility index (Phi) is 6.32. The van der Waals surface area contributed by atoms with Crippen LogP contribution in [0, 0.1) is 6.92 Å². The quantitative estimate of drug-likeness (QED) is 0.764. The van der Waals surface area contributed by atoms with Gasteiger partial charge >= 0.3 is 5.97 Å². The van der Waals surface area contributed by atoms with E-state index in [2.05, 4.69) is 5.32 Å². The molecule has 0 radical (unpaired) electrons. The first-order valence-electron chi connectivity index (χ1n) is 9.78. The second kappa shape index (κ2) is 8.90. The number of nitrogens with one attached hydrogen (secondary N) is 1. The van der Waals surface area contributed by atoms with Crippen LogP contribution in [0.4, 0.5) is 5.69 Å². The Morgan fingerprint density at radius 1 is 1.07 bits per heavy atom. The third kappa shape index (κ3) is 5.22. The zero-order valence-corrected chi connectivity index (χ0v) is 17.0. The van der Waals surface area contributed by atoms with Crippen molar-refractivity contribution in [1.29, 1.82) is 0 Å². The molecule has 0 aliphatic heterocycles. The number of amides is 2. The molecule has 0 bridgehead atoms. The molecule has 6 nitrogen and oxygen atoms in total. The first-order chi connectivity index (χ1) is 13.8. The molecule has 2 amide bonds. The molecule has 0 aromatic heterocycles. The minimum Gasteiger partial charge on any atom is -0.449 e. The molecule has 2 aromatic rings. The van der Waals surface area contributed by atoms with E-state index >= 15 is 0 Å². The lowest BCUT2D eigenvalue weighted by atomic mass is 10.1. The molecular weight excluding hydrogens is 368 g/mol. The number of carbonyl (C=O) groups excluding carboxylic acids is 3. The number of aryl methyl sites for hydroxylation is 3. The standard InChI is InChI=1S/C23H26N2O4/c1-15-7-11-20(12-8-15)24-21(26)14-25(3)22(27)16(2)29-23(28)19-10-9-17-5-4-6-18(17)13-19/h7-13,16H,4-6,14H2,1-3H3,(H,24,26)/t16-/m0/s1. The first-order valence-corrected chi connectivity index (χ1v) is 9.78. The number of nitrogens with zero attached hydrogens (tertiary/aromatic N) is 1. The molecule has 29 heavy (non-hydrogen) atoms.